The van der Waals surface area contributed by atoms with Gasteiger partial charge < -0.3 is 19.4 Å². The van der Waals surface area contributed by atoms with Crippen molar-refractivity contribution < 1.29 is 18.7 Å². The highest BCUT2D eigenvalue weighted by Crippen LogP contribution is 2.17. The van der Waals surface area contributed by atoms with E-state index in [9.17, 15) is 14.4 Å². The molecule has 3 unspecified atom stereocenters. The van der Waals surface area contributed by atoms with Crippen LogP contribution in [0, 0.1) is 0 Å². The number of rotatable bonds is 5. The molecule has 2 amide bonds. The number of amides is 2. The first-order chi connectivity index (χ1) is 15.3. The molecule has 1 aliphatic heterocycles. The predicted octanol–water partition coefficient (Wildman–Crippen LogP) is 2.72. The van der Waals surface area contributed by atoms with Gasteiger partial charge in [-0.3, -0.25) is 14.2 Å². The number of morpholine rings is 1. The Hall–Kier alpha value is -3.39. The minimum atomic E-state index is -0.725. The molecule has 1 aliphatic rings. The second-order valence-corrected chi connectivity index (χ2v) is 8.26. The number of hydrogen-bond acceptors (Lipinski definition) is 5. The minimum Gasteiger partial charge on any atom is -0.408 e. The smallest absolute Gasteiger partial charge is 0.408 e. The van der Waals surface area contributed by atoms with Gasteiger partial charge in [0.15, 0.2) is 5.58 Å². The lowest BCUT2D eigenvalue weighted by Gasteiger charge is -2.35. The molecule has 1 saturated heterocycles. The largest absolute Gasteiger partial charge is 0.420 e. The fourth-order valence-electron chi connectivity index (χ4n) is 4.10. The van der Waals surface area contributed by atoms with Crippen molar-refractivity contribution in [3.05, 3.63) is 70.2 Å². The summed E-state index contributed by atoms with van der Waals surface area (Å²) in [5.41, 5.74) is 2.48. The van der Waals surface area contributed by atoms with Crippen LogP contribution in [0.3, 0.4) is 0 Å². The zero-order chi connectivity index (χ0) is 22.8. The molecule has 2 aromatic carbocycles. The van der Waals surface area contributed by atoms with Crippen LogP contribution in [0.4, 0.5) is 0 Å². The monoisotopic (exact) mass is 437 g/mol. The van der Waals surface area contributed by atoms with E-state index >= 15 is 0 Å². The third-order valence-corrected chi connectivity index (χ3v) is 5.66. The number of oxazole rings is 1. The van der Waals surface area contributed by atoms with Gasteiger partial charge in [0.2, 0.25) is 5.91 Å². The first kappa shape index (κ1) is 21.8. The Labute approximate surface area is 185 Å². The van der Waals surface area contributed by atoms with Gasteiger partial charge in [-0.25, -0.2) is 4.79 Å². The summed E-state index contributed by atoms with van der Waals surface area (Å²) in [6, 6.07) is 13.5. The Kier molecular flexibility index (Phi) is 6.14. The fourth-order valence-corrected chi connectivity index (χ4v) is 4.10. The summed E-state index contributed by atoms with van der Waals surface area (Å²) in [6.45, 7) is 7.01. The highest BCUT2D eigenvalue weighted by Gasteiger charge is 2.26. The molecule has 1 N–H and O–H groups in total. The molecule has 1 aromatic heterocycles. The molecule has 0 saturated carbocycles. The summed E-state index contributed by atoms with van der Waals surface area (Å²) in [5, 5.41) is 2.85. The van der Waals surface area contributed by atoms with Crippen molar-refractivity contribution >= 4 is 22.9 Å². The molecule has 8 heteroatoms. The molecule has 2 heterocycles. The molecule has 0 spiro atoms. The molecule has 32 heavy (non-hydrogen) atoms. The van der Waals surface area contributed by atoms with Crippen LogP contribution in [0.25, 0.3) is 11.1 Å². The number of para-hydroxylation sites is 2. The van der Waals surface area contributed by atoms with E-state index in [-0.39, 0.29) is 30.6 Å². The number of hydrogen-bond donors (Lipinski definition) is 1. The van der Waals surface area contributed by atoms with Crippen LogP contribution in [0.2, 0.25) is 0 Å². The van der Waals surface area contributed by atoms with Gasteiger partial charge in [0, 0.05) is 25.2 Å². The van der Waals surface area contributed by atoms with E-state index in [0.29, 0.717) is 29.8 Å². The van der Waals surface area contributed by atoms with Gasteiger partial charge >= 0.3 is 5.76 Å². The lowest BCUT2D eigenvalue weighted by molar-refractivity contribution is -0.124. The van der Waals surface area contributed by atoms with Crippen LogP contribution < -0.4 is 11.1 Å². The second kappa shape index (κ2) is 9.00. The standard InChI is InChI=1S/C24H27N3O5/c1-15-13-26(14-16(2)31-15)23(29)19-10-8-18(9-11-19)12-25-22(28)17(3)27-20-6-4-5-7-21(20)32-24(27)30/h4-11,15-17H,12-14H2,1-3H3,(H,25,28). The van der Waals surface area contributed by atoms with Gasteiger partial charge in [-0.1, -0.05) is 24.3 Å². The van der Waals surface area contributed by atoms with E-state index in [2.05, 4.69) is 5.32 Å². The number of fused-ring (bicyclic) bond motifs is 1. The minimum absolute atomic E-state index is 0.0130. The summed E-state index contributed by atoms with van der Waals surface area (Å²) in [7, 11) is 0. The van der Waals surface area contributed by atoms with E-state index in [4.69, 9.17) is 9.15 Å². The maximum atomic E-state index is 12.8. The summed E-state index contributed by atoms with van der Waals surface area (Å²) in [5.74, 6) is -0.888. The zero-order valence-electron chi connectivity index (χ0n) is 18.4. The molecule has 3 aromatic rings. The van der Waals surface area contributed by atoms with Crippen LogP contribution in [-0.4, -0.2) is 46.6 Å². The van der Waals surface area contributed by atoms with Crippen molar-refractivity contribution in [2.45, 2.75) is 45.6 Å². The molecule has 0 bridgehead atoms. The number of nitrogens with zero attached hydrogens (tertiary/aromatic N) is 2. The third kappa shape index (κ3) is 4.45. The number of aromatic nitrogens is 1. The average molecular weight is 437 g/mol. The summed E-state index contributed by atoms with van der Waals surface area (Å²) in [6.07, 6.45) is 0.0260. The van der Waals surface area contributed by atoms with Crippen molar-refractivity contribution in [2.75, 3.05) is 13.1 Å². The lowest BCUT2D eigenvalue weighted by Crippen LogP contribution is -2.48. The molecular formula is C24H27N3O5. The van der Waals surface area contributed by atoms with Crippen LogP contribution in [0.15, 0.2) is 57.7 Å². The van der Waals surface area contributed by atoms with E-state index in [1.807, 2.05) is 30.9 Å². The highest BCUT2D eigenvalue weighted by molar-refractivity contribution is 5.94. The van der Waals surface area contributed by atoms with Crippen molar-refractivity contribution in [2.24, 2.45) is 0 Å². The molecule has 0 aliphatic carbocycles. The zero-order valence-corrected chi connectivity index (χ0v) is 18.4. The van der Waals surface area contributed by atoms with Crippen molar-refractivity contribution in [1.29, 1.82) is 0 Å². The van der Waals surface area contributed by atoms with Gasteiger partial charge in [-0.05, 0) is 50.6 Å². The van der Waals surface area contributed by atoms with Crippen molar-refractivity contribution in [3.63, 3.8) is 0 Å². The quantitative estimate of drug-likeness (QED) is 0.662. The van der Waals surface area contributed by atoms with E-state index in [0.717, 1.165) is 5.56 Å². The first-order valence-corrected chi connectivity index (χ1v) is 10.7. The Morgan fingerprint density at radius 1 is 1.06 bits per heavy atom. The topological polar surface area (TPSA) is 93.8 Å². The van der Waals surface area contributed by atoms with Gasteiger partial charge in [-0.2, -0.15) is 0 Å². The molecular weight excluding hydrogens is 410 g/mol. The first-order valence-electron chi connectivity index (χ1n) is 10.7. The highest BCUT2D eigenvalue weighted by atomic mass is 16.5. The molecule has 4 rings (SSSR count). The molecule has 1 fully saturated rings. The molecule has 8 nitrogen and oxygen atoms in total. The number of benzene rings is 2. The fraction of sp³-hybridized carbons (Fsp3) is 0.375. The Morgan fingerprint density at radius 3 is 2.41 bits per heavy atom. The Morgan fingerprint density at radius 2 is 1.72 bits per heavy atom. The van der Waals surface area contributed by atoms with Gasteiger partial charge in [-0.15, -0.1) is 0 Å². The van der Waals surface area contributed by atoms with Crippen LogP contribution in [0.5, 0.6) is 0 Å². The van der Waals surface area contributed by atoms with Gasteiger partial charge in [0.25, 0.3) is 5.91 Å². The normalized spacial score (nSPS) is 19.7. The molecule has 168 valence electrons. The second-order valence-electron chi connectivity index (χ2n) is 8.26. The van der Waals surface area contributed by atoms with Gasteiger partial charge in [0.05, 0.1) is 17.7 Å². The van der Waals surface area contributed by atoms with Crippen molar-refractivity contribution in [1.82, 2.24) is 14.8 Å². The van der Waals surface area contributed by atoms with E-state index in [1.54, 1.807) is 43.3 Å². The van der Waals surface area contributed by atoms with Crippen molar-refractivity contribution in [3.8, 4) is 0 Å². The van der Waals surface area contributed by atoms with Crippen LogP contribution in [0.1, 0.15) is 42.7 Å². The summed E-state index contributed by atoms with van der Waals surface area (Å²) < 4.78 is 12.3. The molecule has 3 atom stereocenters. The lowest BCUT2D eigenvalue weighted by atomic mass is 10.1. The summed E-state index contributed by atoms with van der Waals surface area (Å²) >= 11 is 0. The van der Waals surface area contributed by atoms with Crippen LogP contribution >= 0.6 is 0 Å². The third-order valence-electron chi connectivity index (χ3n) is 5.66. The number of carbonyl (C=O) groups excluding carboxylic acids is 2. The van der Waals surface area contributed by atoms with Crippen LogP contribution in [-0.2, 0) is 16.1 Å². The Bertz CT molecular complexity index is 1170. The van der Waals surface area contributed by atoms with Gasteiger partial charge in [0.1, 0.15) is 6.04 Å². The Balaban J connectivity index is 1.38. The maximum Gasteiger partial charge on any atom is 0.420 e. The summed E-state index contributed by atoms with van der Waals surface area (Å²) in [4.78, 5) is 39.5. The van der Waals surface area contributed by atoms with E-state index in [1.165, 1.54) is 4.57 Å². The number of ether oxygens (including phenoxy) is 1. The number of carbonyl (C=O) groups is 2. The average Bonchev–Trinajstić information content (AvgIpc) is 3.11. The SMILES string of the molecule is CC1CN(C(=O)c2ccc(CNC(=O)C(C)n3c(=O)oc4ccccc43)cc2)CC(C)O1. The molecule has 0 radical (unpaired) electrons. The van der Waals surface area contributed by atoms with E-state index < -0.39 is 11.8 Å². The predicted molar refractivity (Wildman–Crippen MR) is 119 cm³/mol. The maximum absolute atomic E-state index is 12.8. The number of nitrogens with one attached hydrogen (secondary N) is 1.